The van der Waals surface area contributed by atoms with E-state index in [9.17, 15) is 0 Å². The van der Waals surface area contributed by atoms with E-state index in [-0.39, 0.29) is 0 Å². The van der Waals surface area contributed by atoms with Gasteiger partial charge in [0.2, 0.25) is 0 Å². The summed E-state index contributed by atoms with van der Waals surface area (Å²) < 4.78 is 9.06. The summed E-state index contributed by atoms with van der Waals surface area (Å²) in [5.41, 5.74) is 3.38. The average Bonchev–Trinajstić information content (AvgIpc) is 2.83. The topological polar surface area (TPSA) is 47.0 Å². The molecular formula is C13H17N3OS. The van der Waals surface area contributed by atoms with Crippen LogP contribution in [0.4, 0.5) is 0 Å². The van der Waals surface area contributed by atoms with Crippen LogP contribution >= 0.6 is 11.5 Å². The Labute approximate surface area is 111 Å². The maximum absolute atomic E-state index is 5.00. The molecule has 0 aliphatic heterocycles. The number of benzene rings is 1. The number of methoxy groups -OCH3 is 1. The Morgan fingerprint density at radius 1 is 1.33 bits per heavy atom. The smallest absolute Gasteiger partial charge is 0.110 e. The molecule has 1 N–H and O–H groups in total. The van der Waals surface area contributed by atoms with Gasteiger partial charge < -0.3 is 10.1 Å². The van der Waals surface area contributed by atoms with E-state index in [2.05, 4.69) is 34.0 Å². The first-order valence-electron chi connectivity index (χ1n) is 5.90. The van der Waals surface area contributed by atoms with Crippen molar-refractivity contribution in [3.8, 4) is 11.3 Å². The Hall–Kier alpha value is -1.30. The first kappa shape index (κ1) is 13.1. The van der Waals surface area contributed by atoms with Gasteiger partial charge in [0, 0.05) is 25.8 Å². The van der Waals surface area contributed by atoms with Crippen LogP contribution in [0.1, 0.15) is 10.4 Å². The number of rotatable bonds is 6. The SMILES string of the molecule is COCCNCc1snnc1-c1ccccc1C. The zero-order valence-electron chi connectivity index (χ0n) is 10.6. The van der Waals surface area contributed by atoms with E-state index in [0.717, 1.165) is 24.3 Å². The van der Waals surface area contributed by atoms with E-state index < -0.39 is 0 Å². The van der Waals surface area contributed by atoms with Gasteiger partial charge >= 0.3 is 0 Å². The highest BCUT2D eigenvalue weighted by Crippen LogP contribution is 2.26. The van der Waals surface area contributed by atoms with Crippen LogP contribution in [-0.2, 0) is 11.3 Å². The van der Waals surface area contributed by atoms with E-state index in [1.54, 1.807) is 7.11 Å². The Morgan fingerprint density at radius 2 is 2.17 bits per heavy atom. The maximum atomic E-state index is 5.00. The molecule has 1 aromatic carbocycles. The van der Waals surface area contributed by atoms with Gasteiger partial charge in [-0.3, -0.25) is 0 Å². The fourth-order valence-electron chi connectivity index (χ4n) is 1.74. The summed E-state index contributed by atoms with van der Waals surface area (Å²) in [5, 5.41) is 7.57. The van der Waals surface area contributed by atoms with Gasteiger partial charge in [-0.2, -0.15) is 0 Å². The minimum Gasteiger partial charge on any atom is -0.383 e. The molecule has 0 radical (unpaired) electrons. The summed E-state index contributed by atoms with van der Waals surface area (Å²) in [4.78, 5) is 1.17. The molecule has 0 saturated heterocycles. The summed E-state index contributed by atoms with van der Waals surface area (Å²) >= 11 is 1.45. The second-order valence-corrected chi connectivity index (χ2v) is 4.87. The highest BCUT2D eigenvalue weighted by molar-refractivity contribution is 7.05. The lowest BCUT2D eigenvalue weighted by molar-refractivity contribution is 0.199. The Morgan fingerprint density at radius 3 is 2.94 bits per heavy atom. The lowest BCUT2D eigenvalue weighted by Gasteiger charge is -2.05. The fourth-order valence-corrected chi connectivity index (χ4v) is 2.37. The quantitative estimate of drug-likeness (QED) is 0.812. The fraction of sp³-hybridized carbons (Fsp3) is 0.385. The molecule has 96 valence electrons. The number of hydrogen-bond acceptors (Lipinski definition) is 5. The third kappa shape index (κ3) is 3.13. The third-order valence-corrected chi connectivity index (χ3v) is 3.45. The first-order chi connectivity index (χ1) is 8.83. The molecule has 0 atom stereocenters. The summed E-state index contributed by atoms with van der Waals surface area (Å²) in [5.74, 6) is 0. The Balaban J connectivity index is 2.10. The second kappa shape index (κ2) is 6.58. The summed E-state index contributed by atoms with van der Waals surface area (Å²) in [7, 11) is 1.70. The van der Waals surface area contributed by atoms with Gasteiger partial charge in [0.1, 0.15) is 5.69 Å². The van der Waals surface area contributed by atoms with Crippen LogP contribution in [0.25, 0.3) is 11.3 Å². The lowest BCUT2D eigenvalue weighted by atomic mass is 10.1. The minimum absolute atomic E-state index is 0.714. The molecule has 1 aromatic heterocycles. The molecule has 0 spiro atoms. The van der Waals surface area contributed by atoms with Crippen LogP contribution in [0, 0.1) is 6.92 Å². The Kier molecular flexibility index (Phi) is 4.81. The van der Waals surface area contributed by atoms with E-state index in [1.165, 1.54) is 22.0 Å². The van der Waals surface area contributed by atoms with Gasteiger partial charge in [-0.15, -0.1) is 5.10 Å². The molecule has 1 heterocycles. The van der Waals surface area contributed by atoms with Crippen molar-refractivity contribution in [1.82, 2.24) is 14.9 Å². The number of aryl methyl sites for hydroxylation is 1. The molecule has 18 heavy (non-hydrogen) atoms. The molecule has 4 nitrogen and oxygen atoms in total. The number of hydrogen-bond donors (Lipinski definition) is 1. The molecule has 0 fully saturated rings. The monoisotopic (exact) mass is 263 g/mol. The largest absolute Gasteiger partial charge is 0.383 e. The first-order valence-corrected chi connectivity index (χ1v) is 6.67. The second-order valence-electron chi connectivity index (χ2n) is 4.03. The molecule has 0 aliphatic carbocycles. The van der Waals surface area contributed by atoms with E-state index in [0.29, 0.717) is 6.61 Å². The normalized spacial score (nSPS) is 10.8. The van der Waals surface area contributed by atoms with Crippen LogP contribution in [-0.4, -0.2) is 29.8 Å². The van der Waals surface area contributed by atoms with Crippen LogP contribution in [0.2, 0.25) is 0 Å². The van der Waals surface area contributed by atoms with E-state index in [4.69, 9.17) is 4.74 Å². The van der Waals surface area contributed by atoms with Crippen LogP contribution in [0.5, 0.6) is 0 Å². The minimum atomic E-state index is 0.714. The van der Waals surface area contributed by atoms with Crippen molar-refractivity contribution < 1.29 is 4.74 Å². The highest BCUT2D eigenvalue weighted by atomic mass is 32.1. The van der Waals surface area contributed by atoms with Crippen molar-refractivity contribution in [3.63, 3.8) is 0 Å². The molecule has 2 aromatic rings. The predicted octanol–water partition coefficient (Wildman–Crippen LogP) is 2.25. The molecule has 2 rings (SSSR count). The number of nitrogens with zero attached hydrogens (tertiary/aromatic N) is 2. The summed E-state index contributed by atoms with van der Waals surface area (Å²) in [6.45, 7) is 4.43. The van der Waals surface area contributed by atoms with E-state index >= 15 is 0 Å². The summed E-state index contributed by atoms with van der Waals surface area (Å²) in [6, 6.07) is 8.25. The van der Waals surface area contributed by atoms with Crippen molar-refractivity contribution >= 4 is 11.5 Å². The Bertz CT molecular complexity index is 498. The van der Waals surface area contributed by atoms with Crippen molar-refractivity contribution in [1.29, 1.82) is 0 Å². The standard InChI is InChI=1S/C13H17N3OS/c1-10-5-3-4-6-11(10)13-12(18-16-15-13)9-14-7-8-17-2/h3-6,14H,7-9H2,1-2H3. The van der Waals surface area contributed by atoms with Crippen molar-refractivity contribution in [2.75, 3.05) is 20.3 Å². The van der Waals surface area contributed by atoms with Gasteiger partial charge in [-0.25, -0.2) is 0 Å². The maximum Gasteiger partial charge on any atom is 0.110 e. The van der Waals surface area contributed by atoms with Gasteiger partial charge in [-0.05, 0) is 24.0 Å². The number of nitrogens with one attached hydrogen (secondary N) is 1. The van der Waals surface area contributed by atoms with Crippen LogP contribution < -0.4 is 5.32 Å². The van der Waals surface area contributed by atoms with Gasteiger partial charge in [0.25, 0.3) is 0 Å². The van der Waals surface area contributed by atoms with Gasteiger partial charge in [-0.1, -0.05) is 28.8 Å². The van der Waals surface area contributed by atoms with Crippen LogP contribution in [0.3, 0.4) is 0 Å². The molecule has 0 aliphatic rings. The molecule has 5 heteroatoms. The van der Waals surface area contributed by atoms with Crippen LogP contribution in [0.15, 0.2) is 24.3 Å². The van der Waals surface area contributed by atoms with E-state index in [1.807, 2.05) is 12.1 Å². The average molecular weight is 263 g/mol. The molecule has 0 unspecified atom stereocenters. The van der Waals surface area contributed by atoms with Gasteiger partial charge in [0.05, 0.1) is 11.5 Å². The number of ether oxygens (including phenoxy) is 1. The van der Waals surface area contributed by atoms with Gasteiger partial charge in [0.15, 0.2) is 0 Å². The zero-order chi connectivity index (χ0) is 12.8. The lowest BCUT2D eigenvalue weighted by Crippen LogP contribution is -2.18. The van der Waals surface area contributed by atoms with Crippen molar-refractivity contribution in [2.45, 2.75) is 13.5 Å². The molecule has 0 bridgehead atoms. The van der Waals surface area contributed by atoms with Crippen molar-refractivity contribution in [2.24, 2.45) is 0 Å². The molecule has 0 amide bonds. The zero-order valence-corrected chi connectivity index (χ0v) is 11.5. The summed E-state index contributed by atoms with van der Waals surface area (Å²) in [6.07, 6.45) is 0. The molecule has 0 saturated carbocycles. The molecular weight excluding hydrogens is 246 g/mol. The number of aromatic nitrogens is 2. The third-order valence-electron chi connectivity index (χ3n) is 2.72. The van der Waals surface area contributed by atoms with Crippen molar-refractivity contribution in [3.05, 3.63) is 34.7 Å². The predicted molar refractivity (Wildman–Crippen MR) is 73.7 cm³/mol. The highest BCUT2D eigenvalue weighted by Gasteiger charge is 2.11.